The molecule has 0 bridgehead atoms. The third-order valence-corrected chi connectivity index (χ3v) is 5.51. The zero-order chi connectivity index (χ0) is 20.6. The zero-order valence-electron chi connectivity index (χ0n) is 17.9. The van der Waals surface area contributed by atoms with E-state index in [1.54, 1.807) is 7.11 Å². The van der Waals surface area contributed by atoms with Gasteiger partial charge in [0.25, 0.3) is 0 Å². The SMILES string of the molecule is COC1CCCN(C(=O)NCc2ccccc2-c2ccc(CN(C)C)cc2)CC1. The zero-order valence-corrected chi connectivity index (χ0v) is 17.9. The quantitative estimate of drug-likeness (QED) is 0.800. The van der Waals surface area contributed by atoms with Crippen LogP contribution in [0.3, 0.4) is 0 Å². The molecule has 1 atom stereocenters. The van der Waals surface area contributed by atoms with Gasteiger partial charge in [0.15, 0.2) is 0 Å². The molecule has 5 heteroatoms. The Kier molecular flexibility index (Phi) is 7.67. The maximum absolute atomic E-state index is 12.7. The number of benzene rings is 2. The smallest absolute Gasteiger partial charge is 0.317 e. The highest BCUT2D eigenvalue weighted by Crippen LogP contribution is 2.24. The molecule has 2 aromatic rings. The van der Waals surface area contributed by atoms with E-state index in [9.17, 15) is 4.79 Å². The van der Waals surface area contributed by atoms with Crippen LogP contribution in [0.2, 0.25) is 0 Å². The Bertz CT molecular complexity index is 789. The van der Waals surface area contributed by atoms with Gasteiger partial charge in [-0.2, -0.15) is 0 Å². The largest absolute Gasteiger partial charge is 0.381 e. The summed E-state index contributed by atoms with van der Waals surface area (Å²) in [5.74, 6) is 0. The Morgan fingerprint density at radius 2 is 1.86 bits per heavy atom. The molecule has 1 aliphatic rings. The summed E-state index contributed by atoms with van der Waals surface area (Å²) in [6.07, 6.45) is 3.18. The van der Waals surface area contributed by atoms with Gasteiger partial charge in [-0.3, -0.25) is 0 Å². The molecule has 0 aromatic heterocycles. The highest BCUT2D eigenvalue weighted by molar-refractivity contribution is 5.75. The molecule has 0 spiro atoms. The number of amides is 2. The standard InChI is InChI=1S/C24H33N3O2/c1-26(2)18-19-10-12-20(13-11-19)23-9-5-4-7-21(23)17-25-24(28)27-15-6-8-22(29-3)14-16-27/h4-5,7,9-13,22H,6,8,14-18H2,1-3H3,(H,25,28). The number of hydrogen-bond donors (Lipinski definition) is 1. The molecule has 29 heavy (non-hydrogen) atoms. The van der Waals surface area contributed by atoms with Gasteiger partial charge in [0.2, 0.25) is 0 Å². The third kappa shape index (κ3) is 6.05. The van der Waals surface area contributed by atoms with Crippen molar-refractivity contribution in [2.75, 3.05) is 34.3 Å². The second-order valence-corrected chi connectivity index (χ2v) is 8.03. The van der Waals surface area contributed by atoms with Gasteiger partial charge in [0, 0.05) is 33.3 Å². The molecular formula is C24H33N3O2. The summed E-state index contributed by atoms with van der Waals surface area (Å²) in [7, 11) is 5.90. The van der Waals surface area contributed by atoms with Crippen LogP contribution in [0.25, 0.3) is 11.1 Å². The number of likely N-dealkylation sites (tertiary alicyclic amines) is 1. The molecule has 1 saturated heterocycles. The number of hydrogen-bond acceptors (Lipinski definition) is 3. The second kappa shape index (κ2) is 10.4. The maximum Gasteiger partial charge on any atom is 0.317 e. The molecule has 1 N–H and O–H groups in total. The normalized spacial score (nSPS) is 17.2. The van der Waals surface area contributed by atoms with E-state index >= 15 is 0 Å². The number of urea groups is 1. The minimum atomic E-state index is 0.0119. The van der Waals surface area contributed by atoms with Crippen molar-refractivity contribution in [3.05, 3.63) is 59.7 Å². The molecule has 2 amide bonds. The number of methoxy groups -OCH3 is 1. The molecule has 1 unspecified atom stereocenters. The van der Waals surface area contributed by atoms with Crippen LogP contribution in [-0.2, 0) is 17.8 Å². The maximum atomic E-state index is 12.7. The average Bonchev–Trinajstić information content (AvgIpc) is 2.98. The summed E-state index contributed by atoms with van der Waals surface area (Å²) in [5.41, 5.74) is 4.76. The van der Waals surface area contributed by atoms with Gasteiger partial charge >= 0.3 is 6.03 Å². The van der Waals surface area contributed by atoms with E-state index < -0.39 is 0 Å². The van der Waals surface area contributed by atoms with Crippen molar-refractivity contribution in [3.8, 4) is 11.1 Å². The molecule has 0 aliphatic carbocycles. The summed E-state index contributed by atoms with van der Waals surface area (Å²) < 4.78 is 5.46. The summed E-state index contributed by atoms with van der Waals surface area (Å²) in [6.45, 7) is 3.00. The van der Waals surface area contributed by atoms with Crippen molar-refractivity contribution in [2.45, 2.75) is 38.5 Å². The van der Waals surface area contributed by atoms with E-state index in [2.05, 4.69) is 60.7 Å². The van der Waals surface area contributed by atoms with E-state index in [-0.39, 0.29) is 12.1 Å². The predicted molar refractivity (Wildman–Crippen MR) is 118 cm³/mol. The fourth-order valence-electron chi connectivity index (χ4n) is 3.90. The molecule has 1 aliphatic heterocycles. The molecule has 1 heterocycles. The third-order valence-electron chi connectivity index (χ3n) is 5.51. The Morgan fingerprint density at radius 3 is 2.59 bits per heavy atom. The molecule has 0 saturated carbocycles. The lowest BCUT2D eigenvalue weighted by Crippen LogP contribution is -2.40. The summed E-state index contributed by atoms with van der Waals surface area (Å²) in [6, 6.07) is 17.0. The van der Waals surface area contributed by atoms with Gasteiger partial charge in [-0.25, -0.2) is 4.79 Å². The number of rotatable bonds is 6. The van der Waals surface area contributed by atoms with Gasteiger partial charge in [-0.1, -0.05) is 48.5 Å². The van der Waals surface area contributed by atoms with Crippen molar-refractivity contribution in [3.63, 3.8) is 0 Å². The first-order valence-corrected chi connectivity index (χ1v) is 10.4. The fraction of sp³-hybridized carbons (Fsp3) is 0.458. The molecule has 156 valence electrons. The van der Waals surface area contributed by atoms with Gasteiger partial charge < -0.3 is 19.9 Å². The van der Waals surface area contributed by atoms with Crippen molar-refractivity contribution >= 4 is 6.03 Å². The topological polar surface area (TPSA) is 44.8 Å². The van der Waals surface area contributed by atoms with Crippen molar-refractivity contribution in [1.29, 1.82) is 0 Å². The van der Waals surface area contributed by atoms with E-state index in [4.69, 9.17) is 4.74 Å². The molecule has 2 aromatic carbocycles. The van der Waals surface area contributed by atoms with E-state index in [1.165, 1.54) is 16.7 Å². The average molecular weight is 396 g/mol. The lowest BCUT2D eigenvalue weighted by Gasteiger charge is -2.21. The summed E-state index contributed by atoms with van der Waals surface area (Å²) in [4.78, 5) is 16.8. The molecule has 5 nitrogen and oxygen atoms in total. The Morgan fingerprint density at radius 1 is 1.10 bits per heavy atom. The van der Waals surface area contributed by atoms with Gasteiger partial charge in [-0.05, 0) is 55.6 Å². The van der Waals surface area contributed by atoms with Crippen LogP contribution in [0.15, 0.2) is 48.5 Å². The second-order valence-electron chi connectivity index (χ2n) is 8.03. The summed E-state index contributed by atoms with van der Waals surface area (Å²) in [5, 5.41) is 3.12. The highest BCUT2D eigenvalue weighted by Gasteiger charge is 2.20. The van der Waals surface area contributed by atoms with Crippen LogP contribution in [0.4, 0.5) is 4.79 Å². The number of carbonyl (C=O) groups excluding carboxylic acids is 1. The lowest BCUT2D eigenvalue weighted by atomic mass is 9.98. The van der Waals surface area contributed by atoms with Crippen molar-refractivity contribution < 1.29 is 9.53 Å². The monoisotopic (exact) mass is 395 g/mol. The van der Waals surface area contributed by atoms with Crippen LogP contribution in [-0.4, -0.2) is 56.2 Å². The van der Waals surface area contributed by atoms with Crippen LogP contribution < -0.4 is 5.32 Å². The minimum Gasteiger partial charge on any atom is -0.381 e. The number of carbonyl (C=O) groups is 1. The fourth-order valence-corrected chi connectivity index (χ4v) is 3.90. The molecule has 3 rings (SSSR count). The lowest BCUT2D eigenvalue weighted by molar-refractivity contribution is 0.0906. The molecule has 0 radical (unpaired) electrons. The van der Waals surface area contributed by atoms with Crippen LogP contribution in [0.1, 0.15) is 30.4 Å². The van der Waals surface area contributed by atoms with Crippen LogP contribution >= 0.6 is 0 Å². The number of nitrogens with one attached hydrogen (secondary N) is 1. The summed E-state index contributed by atoms with van der Waals surface area (Å²) >= 11 is 0. The molecule has 1 fully saturated rings. The first-order chi connectivity index (χ1) is 14.1. The minimum absolute atomic E-state index is 0.0119. The first kappa shape index (κ1) is 21.3. The Labute approximate surface area is 174 Å². The first-order valence-electron chi connectivity index (χ1n) is 10.4. The van der Waals surface area contributed by atoms with E-state index in [1.807, 2.05) is 17.0 Å². The van der Waals surface area contributed by atoms with Crippen LogP contribution in [0.5, 0.6) is 0 Å². The Balaban J connectivity index is 1.64. The Hall–Kier alpha value is -2.37. The predicted octanol–water partition coefficient (Wildman–Crippen LogP) is 4.13. The highest BCUT2D eigenvalue weighted by atomic mass is 16.5. The van der Waals surface area contributed by atoms with Gasteiger partial charge in [0.05, 0.1) is 6.10 Å². The number of nitrogens with zero attached hydrogens (tertiary/aromatic N) is 2. The van der Waals surface area contributed by atoms with Gasteiger partial charge in [0.1, 0.15) is 0 Å². The van der Waals surface area contributed by atoms with Crippen molar-refractivity contribution in [2.24, 2.45) is 0 Å². The van der Waals surface area contributed by atoms with Gasteiger partial charge in [-0.15, -0.1) is 0 Å². The van der Waals surface area contributed by atoms with Crippen molar-refractivity contribution in [1.82, 2.24) is 15.1 Å². The number of ether oxygens (including phenoxy) is 1. The van der Waals surface area contributed by atoms with E-state index in [0.717, 1.165) is 44.5 Å². The molecular weight excluding hydrogens is 362 g/mol. The van der Waals surface area contributed by atoms with E-state index in [0.29, 0.717) is 6.54 Å². The van der Waals surface area contributed by atoms with Crippen LogP contribution in [0, 0.1) is 0 Å².